The Morgan fingerprint density at radius 1 is 1.33 bits per heavy atom. The molecule has 1 heterocycles. The van der Waals surface area contributed by atoms with E-state index in [0.717, 1.165) is 0 Å². The Bertz CT molecular complexity index is 680. The average Bonchev–Trinajstić information content (AvgIpc) is 2.93. The van der Waals surface area contributed by atoms with Crippen LogP contribution in [0.25, 0.3) is 0 Å². The lowest BCUT2D eigenvalue weighted by molar-refractivity contribution is 0.0600. The van der Waals surface area contributed by atoms with Crippen LogP contribution in [0, 0.1) is 0 Å². The number of ether oxygens (including phenoxy) is 1. The summed E-state index contributed by atoms with van der Waals surface area (Å²) >= 11 is 5.90. The second kappa shape index (κ2) is 6.32. The summed E-state index contributed by atoms with van der Waals surface area (Å²) in [6.45, 7) is 0.206. The minimum Gasteiger partial charge on any atom is -0.475 e. The highest BCUT2D eigenvalue weighted by atomic mass is 35.5. The summed E-state index contributed by atoms with van der Waals surface area (Å²) in [5.41, 5.74) is 0.800. The number of aromatic carboxylic acids is 1. The third-order valence-corrected chi connectivity index (χ3v) is 2.95. The highest BCUT2D eigenvalue weighted by Gasteiger charge is 2.13. The maximum Gasteiger partial charge on any atom is 0.371 e. The molecule has 2 aromatic rings. The van der Waals surface area contributed by atoms with Gasteiger partial charge < -0.3 is 19.6 Å². The van der Waals surface area contributed by atoms with Gasteiger partial charge in [0.1, 0.15) is 5.76 Å². The number of carboxylic acid groups (broad SMARTS) is 1. The summed E-state index contributed by atoms with van der Waals surface area (Å²) in [5.74, 6) is -1.37. The molecule has 0 aliphatic rings. The molecular weight excluding hydrogens is 298 g/mol. The van der Waals surface area contributed by atoms with Crippen LogP contribution in [0.15, 0.2) is 34.7 Å². The van der Waals surface area contributed by atoms with Crippen LogP contribution >= 0.6 is 11.6 Å². The van der Waals surface area contributed by atoms with Crippen LogP contribution in [-0.2, 0) is 11.3 Å². The minimum atomic E-state index is -1.14. The van der Waals surface area contributed by atoms with Crippen LogP contribution in [-0.4, -0.2) is 24.2 Å². The van der Waals surface area contributed by atoms with E-state index in [0.29, 0.717) is 22.0 Å². The molecule has 1 aromatic carbocycles. The smallest absolute Gasteiger partial charge is 0.371 e. The van der Waals surface area contributed by atoms with Crippen molar-refractivity contribution < 1.29 is 23.8 Å². The van der Waals surface area contributed by atoms with Gasteiger partial charge in [0.25, 0.3) is 0 Å². The first-order valence-corrected chi connectivity index (χ1v) is 6.33. The Hall–Kier alpha value is -2.47. The van der Waals surface area contributed by atoms with E-state index in [1.165, 1.54) is 13.2 Å². The number of hydrogen-bond acceptors (Lipinski definition) is 5. The van der Waals surface area contributed by atoms with Crippen molar-refractivity contribution in [1.29, 1.82) is 0 Å². The Balaban J connectivity index is 2.16. The Morgan fingerprint density at radius 2 is 2.10 bits per heavy atom. The van der Waals surface area contributed by atoms with Gasteiger partial charge in [-0.05, 0) is 30.3 Å². The molecule has 0 saturated carbocycles. The van der Waals surface area contributed by atoms with Gasteiger partial charge >= 0.3 is 11.9 Å². The van der Waals surface area contributed by atoms with Crippen LogP contribution < -0.4 is 5.32 Å². The highest BCUT2D eigenvalue weighted by Crippen LogP contribution is 2.23. The number of benzene rings is 1. The number of carbonyl (C=O) groups excluding carboxylic acids is 1. The van der Waals surface area contributed by atoms with Crippen molar-refractivity contribution in [3.63, 3.8) is 0 Å². The number of methoxy groups -OCH3 is 1. The molecule has 1 aromatic heterocycles. The van der Waals surface area contributed by atoms with Crippen LogP contribution in [0.1, 0.15) is 26.7 Å². The lowest BCUT2D eigenvalue weighted by Crippen LogP contribution is -2.08. The summed E-state index contributed by atoms with van der Waals surface area (Å²) in [6.07, 6.45) is 0. The zero-order chi connectivity index (χ0) is 15.4. The SMILES string of the molecule is COC(=O)c1ccc(Cl)cc1NCc1ccc(C(=O)O)o1. The summed E-state index contributed by atoms with van der Waals surface area (Å²) in [4.78, 5) is 22.4. The van der Waals surface area contributed by atoms with Gasteiger partial charge in [0.2, 0.25) is 5.76 Å². The molecule has 0 fully saturated rings. The Morgan fingerprint density at radius 3 is 2.71 bits per heavy atom. The van der Waals surface area contributed by atoms with E-state index >= 15 is 0 Å². The number of nitrogens with one attached hydrogen (secondary N) is 1. The van der Waals surface area contributed by atoms with Crippen molar-refractivity contribution in [3.8, 4) is 0 Å². The molecule has 2 rings (SSSR count). The number of anilines is 1. The van der Waals surface area contributed by atoms with Gasteiger partial charge in [-0.15, -0.1) is 0 Å². The molecule has 0 amide bonds. The molecule has 2 N–H and O–H groups in total. The normalized spacial score (nSPS) is 10.2. The van der Waals surface area contributed by atoms with Gasteiger partial charge in [0, 0.05) is 5.02 Å². The van der Waals surface area contributed by atoms with Crippen molar-refractivity contribution >= 4 is 29.2 Å². The van der Waals surface area contributed by atoms with Gasteiger partial charge in [-0.1, -0.05) is 11.6 Å². The van der Waals surface area contributed by atoms with Crippen molar-refractivity contribution in [2.75, 3.05) is 12.4 Å². The topological polar surface area (TPSA) is 88.8 Å². The Kier molecular flexibility index (Phi) is 4.49. The van der Waals surface area contributed by atoms with E-state index in [4.69, 9.17) is 21.1 Å². The largest absolute Gasteiger partial charge is 0.475 e. The number of rotatable bonds is 5. The molecule has 0 bridgehead atoms. The second-order valence-corrected chi connectivity index (χ2v) is 4.54. The van der Waals surface area contributed by atoms with Gasteiger partial charge in [-0.3, -0.25) is 0 Å². The van der Waals surface area contributed by atoms with Crippen LogP contribution in [0.4, 0.5) is 5.69 Å². The molecule has 0 radical (unpaired) electrons. The second-order valence-electron chi connectivity index (χ2n) is 4.11. The van der Waals surface area contributed by atoms with E-state index < -0.39 is 11.9 Å². The number of carboxylic acids is 1. The third kappa shape index (κ3) is 3.55. The first kappa shape index (κ1) is 14.9. The third-order valence-electron chi connectivity index (χ3n) is 2.71. The quantitative estimate of drug-likeness (QED) is 0.825. The van der Waals surface area contributed by atoms with Gasteiger partial charge in [0.15, 0.2) is 0 Å². The fraction of sp³-hybridized carbons (Fsp3) is 0.143. The fourth-order valence-electron chi connectivity index (χ4n) is 1.72. The molecule has 0 aliphatic heterocycles. The maximum atomic E-state index is 11.6. The monoisotopic (exact) mass is 309 g/mol. The molecule has 0 unspecified atom stereocenters. The first-order valence-electron chi connectivity index (χ1n) is 5.95. The summed E-state index contributed by atoms with van der Waals surface area (Å²) in [7, 11) is 1.28. The van der Waals surface area contributed by atoms with E-state index in [-0.39, 0.29) is 12.3 Å². The van der Waals surface area contributed by atoms with Crippen molar-refractivity contribution in [1.82, 2.24) is 0 Å². The molecule has 110 valence electrons. The van der Waals surface area contributed by atoms with Crippen molar-refractivity contribution in [2.45, 2.75) is 6.54 Å². The van der Waals surface area contributed by atoms with E-state index in [2.05, 4.69) is 10.1 Å². The minimum absolute atomic E-state index is 0.147. The zero-order valence-electron chi connectivity index (χ0n) is 11.1. The lowest BCUT2D eigenvalue weighted by atomic mass is 10.1. The molecule has 21 heavy (non-hydrogen) atoms. The number of halogens is 1. The summed E-state index contributed by atoms with van der Waals surface area (Å²) in [5, 5.41) is 12.2. The molecule has 0 aliphatic carbocycles. The molecule has 6 nitrogen and oxygen atoms in total. The van der Waals surface area contributed by atoms with Gasteiger partial charge in [-0.2, -0.15) is 0 Å². The molecule has 7 heteroatoms. The summed E-state index contributed by atoms with van der Waals surface area (Å²) < 4.78 is 9.79. The average molecular weight is 310 g/mol. The predicted octanol–water partition coefficient (Wildman–Crippen LogP) is 3.03. The fourth-order valence-corrected chi connectivity index (χ4v) is 1.89. The predicted molar refractivity (Wildman–Crippen MR) is 75.8 cm³/mol. The molecule has 0 saturated heterocycles. The van der Waals surface area contributed by atoms with E-state index in [1.54, 1.807) is 24.3 Å². The first-order chi connectivity index (χ1) is 10.0. The van der Waals surface area contributed by atoms with Crippen LogP contribution in [0.2, 0.25) is 5.02 Å². The molecule has 0 spiro atoms. The lowest BCUT2D eigenvalue weighted by Gasteiger charge is -2.10. The Labute approximate surface area is 125 Å². The van der Waals surface area contributed by atoms with Crippen LogP contribution in [0.5, 0.6) is 0 Å². The number of carbonyl (C=O) groups is 2. The van der Waals surface area contributed by atoms with E-state index in [9.17, 15) is 9.59 Å². The number of hydrogen-bond donors (Lipinski definition) is 2. The van der Waals surface area contributed by atoms with Crippen molar-refractivity contribution in [3.05, 3.63) is 52.4 Å². The van der Waals surface area contributed by atoms with Gasteiger partial charge in [0.05, 0.1) is 24.9 Å². The number of furan rings is 1. The maximum absolute atomic E-state index is 11.6. The standard InChI is InChI=1S/C14H12ClNO5/c1-20-14(19)10-4-2-8(15)6-11(10)16-7-9-3-5-12(21-9)13(17)18/h2-6,16H,7H2,1H3,(H,17,18). The zero-order valence-corrected chi connectivity index (χ0v) is 11.8. The molecule has 0 atom stereocenters. The van der Waals surface area contributed by atoms with Crippen molar-refractivity contribution in [2.24, 2.45) is 0 Å². The summed E-state index contributed by atoms with van der Waals surface area (Å²) in [6, 6.07) is 7.60. The van der Waals surface area contributed by atoms with Gasteiger partial charge in [-0.25, -0.2) is 9.59 Å². The van der Waals surface area contributed by atoms with E-state index in [1.807, 2.05) is 0 Å². The van der Waals surface area contributed by atoms with Crippen LogP contribution in [0.3, 0.4) is 0 Å². The highest BCUT2D eigenvalue weighted by molar-refractivity contribution is 6.31. The number of esters is 1. The molecular formula is C14H12ClNO5.